The summed E-state index contributed by atoms with van der Waals surface area (Å²) in [5.41, 5.74) is 1.86. The van der Waals surface area contributed by atoms with Crippen molar-refractivity contribution < 1.29 is 20.1 Å². The Bertz CT molecular complexity index is 919. The second-order valence-electron chi connectivity index (χ2n) is 6.55. The van der Waals surface area contributed by atoms with Crippen molar-refractivity contribution in [3.05, 3.63) is 48.5 Å². The number of benzene rings is 1. The fourth-order valence-electron chi connectivity index (χ4n) is 3.29. The average Bonchev–Trinajstić information content (AvgIpc) is 3.23. The molecule has 0 radical (unpaired) electrons. The van der Waals surface area contributed by atoms with E-state index in [4.69, 9.17) is 4.74 Å². The normalized spacial score (nSPS) is 26.4. The Kier molecular flexibility index (Phi) is 4.75. The molecule has 0 bridgehead atoms. The lowest BCUT2D eigenvalue weighted by atomic mass is 10.1. The van der Waals surface area contributed by atoms with E-state index >= 15 is 0 Å². The van der Waals surface area contributed by atoms with Crippen LogP contribution in [0.4, 0.5) is 5.82 Å². The molecule has 1 saturated heterocycles. The molecule has 1 aliphatic heterocycles. The van der Waals surface area contributed by atoms with Gasteiger partial charge in [-0.25, -0.2) is 15.0 Å². The molecule has 1 aliphatic rings. The first kappa shape index (κ1) is 17.8. The molecule has 4 rings (SSSR count). The van der Waals surface area contributed by atoms with E-state index in [2.05, 4.69) is 20.3 Å². The van der Waals surface area contributed by atoms with Crippen LogP contribution in [0.3, 0.4) is 0 Å². The van der Waals surface area contributed by atoms with Gasteiger partial charge in [-0.15, -0.1) is 0 Å². The molecule has 142 valence electrons. The summed E-state index contributed by atoms with van der Waals surface area (Å²) in [6, 6.07) is 9.17. The molecule has 27 heavy (non-hydrogen) atoms. The summed E-state index contributed by atoms with van der Waals surface area (Å²) in [5.74, 6) is 0.461. The van der Waals surface area contributed by atoms with Gasteiger partial charge in [0.05, 0.1) is 25.1 Å². The fourth-order valence-corrected chi connectivity index (χ4v) is 3.29. The van der Waals surface area contributed by atoms with E-state index in [-0.39, 0.29) is 12.6 Å². The van der Waals surface area contributed by atoms with Crippen LogP contribution >= 0.6 is 0 Å². The number of hydrogen-bond acceptors (Lipinski definition) is 8. The second-order valence-corrected chi connectivity index (χ2v) is 6.55. The van der Waals surface area contributed by atoms with Crippen LogP contribution in [0.5, 0.6) is 0 Å². The number of anilines is 1. The number of hydrogen-bond donors (Lipinski definition) is 4. The minimum absolute atomic E-state index is 0.121. The Labute approximate surface area is 155 Å². The zero-order valence-corrected chi connectivity index (χ0v) is 14.7. The van der Waals surface area contributed by atoms with Crippen LogP contribution in [0.2, 0.25) is 0 Å². The van der Waals surface area contributed by atoms with Crippen LogP contribution in [0.25, 0.3) is 11.2 Å². The van der Waals surface area contributed by atoms with Gasteiger partial charge in [0.15, 0.2) is 23.2 Å². The topological polar surface area (TPSA) is 126 Å². The maximum atomic E-state index is 10.2. The van der Waals surface area contributed by atoms with Crippen molar-refractivity contribution in [3.63, 3.8) is 0 Å². The molecule has 0 spiro atoms. The quantitative estimate of drug-likeness (QED) is 0.514. The minimum atomic E-state index is -1.08. The number of rotatable bonds is 5. The Morgan fingerprint density at radius 3 is 2.59 bits per heavy atom. The molecule has 1 fully saturated rings. The molecular formula is C18H21N5O4. The monoisotopic (exact) mass is 371 g/mol. The van der Waals surface area contributed by atoms with Crippen LogP contribution < -0.4 is 5.32 Å². The standard InChI is InChI=1S/C18H21N5O4/c1-10-14(25)15(26)18(27-10)23-9-21-13-16(19-8-20-17(13)23)22-12(7-24)11-5-3-2-4-6-11/h2-6,8-10,12,14-15,18,24-26H,7H2,1H3,(H,19,20,22)/t10-,12-,14-,15-,18-/m1/s1. The Balaban J connectivity index is 1.67. The molecule has 0 aliphatic carbocycles. The van der Waals surface area contributed by atoms with Gasteiger partial charge in [0.1, 0.15) is 18.5 Å². The lowest BCUT2D eigenvalue weighted by Crippen LogP contribution is -2.30. The second kappa shape index (κ2) is 7.20. The summed E-state index contributed by atoms with van der Waals surface area (Å²) >= 11 is 0. The third-order valence-electron chi connectivity index (χ3n) is 4.81. The molecule has 3 heterocycles. The summed E-state index contributed by atoms with van der Waals surface area (Å²) in [5, 5.41) is 33.2. The summed E-state index contributed by atoms with van der Waals surface area (Å²) in [7, 11) is 0. The van der Waals surface area contributed by atoms with Gasteiger partial charge in [0, 0.05) is 0 Å². The molecule has 9 heteroatoms. The highest BCUT2D eigenvalue weighted by molar-refractivity contribution is 5.83. The number of fused-ring (bicyclic) bond motifs is 1. The van der Waals surface area contributed by atoms with Gasteiger partial charge in [-0.1, -0.05) is 30.3 Å². The highest BCUT2D eigenvalue weighted by Gasteiger charge is 2.42. The number of nitrogens with zero attached hydrogens (tertiary/aromatic N) is 4. The number of aliphatic hydroxyl groups is 3. The zero-order valence-electron chi connectivity index (χ0n) is 14.7. The van der Waals surface area contributed by atoms with Crippen molar-refractivity contribution in [2.45, 2.75) is 37.5 Å². The number of nitrogens with one attached hydrogen (secondary N) is 1. The van der Waals surface area contributed by atoms with Gasteiger partial charge in [-0.2, -0.15) is 0 Å². The number of imidazole rings is 1. The van der Waals surface area contributed by atoms with E-state index in [0.717, 1.165) is 5.56 Å². The maximum Gasteiger partial charge on any atom is 0.167 e. The molecule has 3 aromatic rings. The van der Waals surface area contributed by atoms with Crippen molar-refractivity contribution in [1.29, 1.82) is 0 Å². The third kappa shape index (κ3) is 3.15. The predicted octanol–water partition coefficient (Wildman–Crippen LogP) is 0.611. The first-order chi connectivity index (χ1) is 13.1. The smallest absolute Gasteiger partial charge is 0.167 e. The molecule has 5 atom stereocenters. The van der Waals surface area contributed by atoms with Gasteiger partial charge < -0.3 is 25.4 Å². The molecule has 9 nitrogen and oxygen atoms in total. The van der Waals surface area contributed by atoms with E-state index in [1.165, 1.54) is 12.7 Å². The van der Waals surface area contributed by atoms with Crippen molar-refractivity contribution >= 4 is 17.0 Å². The molecule has 0 unspecified atom stereocenters. The van der Waals surface area contributed by atoms with Crippen molar-refractivity contribution in [3.8, 4) is 0 Å². The Morgan fingerprint density at radius 1 is 1.15 bits per heavy atom. The predicted molar refractivity (Wildman–Crippen MR) is 96.8 cm³/mol. The number of aliphatic hydroxyl groups excluding tert-OH is 3. The van der Waals surface area contributed by atoms with Gasteiger partial charge >= 0.3 is 0 Å². The molecule has 0 amide bonds. The molecule has 2 aromatic heterocycles. The van der Waals surface area contributed by atoms with Gasteiger partial charge in [0.25, 0.3) is 0 Å². The van der Waals surface area contributed by atoms with E-state index in [1.807, 2.05) is 30.3 Å². The van der Waals surface area contributed by atoms with E-state index in [1.54, 1.807) is 11.5 Å². The lowest BCUT2D eigenvalue weighted by molar-refractivity contribution is -0.0299. The van der Waals surface area contributed by atoms with E-state index in [0.29, 0.717) is 17.0 Å². The number of ether oxygens (including phenoxy) is 1. The lowest BCUT2D eigenvalue weighted by Gasteiger charge is -2.18. The molecule has 0 saturated carbocycles. The fraction of sp³-hybridized carbons (Fsp3) is 0.389. The first-order valence-corrected chi connectivity index (χ1v) is 8.71. The average molecular weight is 371 g/mol. The van der Waals surface area contributed by atoms with Crippen LogP contribution in [0.15, 0.2) is 43.0 Å². The van der Waals surface area contributed by atoms with Crippen molar-refractivity contribution in [2.75, 3.05) is 11.9 Å². The van der Waals surface area contributed by atoms with Crippen LogP contribution in [0.1, 0.15) is 24.8 Å². The summed E-state index contributed by atoms with van der Waals surface area (Å²) in [4.78, 5) is 12.8. The summed E-state index contributed by atoms with van der Waals surface area (Å²) < 4.78 is 7.23. The SMILES string of the molecule is C[C@H]1O[C@@H](n2cnc3c(N[C@H](CO)c4ccccc4)ncnc32)[C@H](O)[C@@H]1O. The number of aromatic nitrogens is 4. The van der Waals surface area contributed by atoms with Crippen LogP contribution in [-0.4, -0.2) is 59.8 Å². The van der Waals surface area contributed by atoms with Crippen LogP contribution in [0, 0.1) is 0 Å². The zero-order chi connectivity index (χ0) is 19.0. The van der Waals surface area contributed by atoms with Crippen LogP contribution in [-0.2, 0) is 4.74 Å². The molecule has 4 N–H and O–H groups in total. The third-order valence-corrected chi connectivity index (χ3v) is 4.81. The summed E-state index contributed by atoms with van der Waals surface area (Å²) in [6.07, 6.45) is -0.477. The first-order valence-electron chi connectivity index (χ1n) is 8.71. The van der Waals surface area contributed by atoms with Crippen molar-refractivity contribution in [1.82, 2.24) is 19.5 Å². The largest absolute Gasteiger partial charge is 0.394 e. The summed E-state index contributed by atoms with van der Waals surface area (Å²) in [6.45, 7) is 1.57. The molecular weight excluding hydrogens is 350 g/mol. The maximum absolute atomic E-state index is 10.2. The highest BCUT2D eigenvalue weighted by atomic mass is 16.6. The Hall–Kier alpha value is -2.59. The van der Waals surface area contributed by atoms with E-state index < -0.39 is 24.5 Å². The van der Waals surface area contributed by atoms with Crippen molar-refractivity contribution in [2.24, 2.45) is 0 Å². The van der Waals surface area contributed by atoms with E-state index in [9.17, 15) is 15.3 Å². The van der Waals surface area contributed by atoms with Gasteiger partial charge in [0.2, 0.25) is 0 Å². The highest BCUT2D eigenvalue weighted by Crippen LogP contribution is 2.32. The van der Waals surface area contributed by atoms with Gasteiger partial charge in [-0.3, -0.25) is 4.57 Å². The Morgan fingerprint density at radius 2 is 1.93 bits per heavy atom. The minimum Gasteiger partial charge on any atom is -0.394 e. The van der Waals surface area contributed by atoms with Gasteiger partial charge in [-0.05, 0) is 12.5 Å². The molecule has 1 aromatic carbocycles.